The molecule has 3 nitrogen and oxygen atoms in total. The van der Waals surface area contributed by atoms with Crippen molar-refractivity contribution in [3.63, 3.8) is 0 Å². The minimum atomic E-state index is -1.13. The van der Waals surface area contributed by atoms with E-state index >= 15 is 0 Å². The molecular formula is C27H27F3O3. The summed E-state index contributed by atoms with van der Waals surface area (Å²) in [5.74, 6) is -2.42. The predicted molar refractivity (Wildman–Crippen MR) is 123 cm³/mol. The Hall–Kier alpha value is -3.25. The topological polar surface area (TPSA) is 38.7 Å². The van der Waals surface area contributed by atoms with Crippen LogP contribution in [0.1, 0.15) is 43.4 Å². The Morgan fingerprint density at radius 1 is 0.970 bits per heavy atom. The fourth-order valence-electron chi connectivity index (χ4n) is 3.37. The molecule has 0 saturated carbocycles. The highest BCUT2D eigenvalue weighted by atomic mass is 19.2. The summed E-state index contributed by atoms with van der Waals surface area (Å²) in [6.45, 7) is 5.91. The SMILES string of the molecule is C=CCCOc1ccc(-c2ccc(COc3ccc(C(O)CCC)c(F)c3F)cc2)c(F)c1. The van der Waals surface area contributed by atoms with Crippen molar-refractivity contribution in [2.24, 2.45) is 0 Å². The van der Waals surface area contributed by atoms with E-state index in [9.17, 15) is 18.3 Å². The van der Waals surface area contributed by atoms with Crippen molar-refractivity contribution < 1.29 is 27.8 Å². The quantitative estimate of drug-likeness (QED) is 0.246. The summed E-state index contributed by atoms with van der Waals surface area (Å²) in [5.41, 5.74) is 1.72. The lowest BCUT2D eigenvalue weighted by molar-refractivity contribution is 0.160. The van der Waals surface area contributed by atoms with Crippen molar-refractivity contribution >= 4 is 0 Å². The van der Waals surface area contributed by atoms with E-state index in [2.05, 4.69) is 6.58 Å². The van der Waals surface area contributed by atoms with Crippen LogP contribution in [0.15, 0.2) is 67.3 Å². The maximum absolute atomic E-state index is 14.5. The van der Waals surface area contributed by atoms with Crippen LogP contribution < -0.4 is 9.47 Å². The maximum Gasteiger partial charge on any atom is 0.201 e. The third-order valence-corrected chi connectivity index (χ3v) is 5.19. The molecule has 0 amide bonds. The fourth-order valence-corrected chi connectivity index (χ4v) is 3.37. The van der Waals surface area contributed by atoms with E-state index in [0.717, 1.165) is 0 Å². The third kappa shape index (κ3) is 6.17. The predicted octanol–water partition coefficient (Wildman–Crippen LogP) is 7.14. The van der Waals surface area contributed by atoms with E-state index < -0.39 is 23.6 Å². The van der Waals surface area contributed by atoms with Gasteiger partial charge < -0.3 is 14.6 Å². The van der Waals surface area contributed by atoms with Crippen molar-refractivity contribution in [3.05, 3.63) is 95.8 Å². The van der Waals surface area contributed by atoms with Gasteiger partial charge in [0.25, 0.3) is 0 Å². The number of hydrogen-bond donors (Lipinski definition) is 1. The Balaban J connectivity index is 1.66. The highest BCUT2D eigenvalue weighted by molar-refractivity contribution is 5.65. The number of aliphatic hydroxyl groups excluding tert-OH is 1. The molecule has 0 aliphatic heterocycles. The molecule has 0 fully saturated rings. The second kappa shape index (κ2) is 11.6. The number of halogens is 3. The monoisotopic (exact) mass is 456 g/mol. The van der Waals surface area contributed by atoms with Gasteiger partial charge in [-0.25, -0.2) is 8.78 Å². The lowest BCUT2D eigenvalue weighted by Gasteiger charge is -2.14. The second-order valence-electron chi connectivity index (χ2n) is 7.64. The fraction of sp³-hybridized carbons (Fsp3) is 0.259. The van der Waals surface area contributed by atoms with E-state index in [1.807, 2.05) is 6.92 Å². The van der Waals surface area contributed by atoms with Gasteiger partial charge in [-0.05, 0) is 48.2 Å². The molecule has 0 aliphatic carbocycles. The number of benzene rings is 3. The van der Waals surface area contributed by atoms with Crippen molar-refractivity contribution in [2.45, 2.75) is 38.9 Å². The van der Waals surface area contributed by atoms with E-state index in [1.54, 1.807) is 42.5 Å². The number of hydrogen-bond acceptors (Lipinski definition) is 3. The van der Waals surface area contributed by atoms with Crippen LogP contribution in [0.5, 0.6) is 11.5 Å². The van der Waals surface area contributed by atoms with Gasteiger partial charge in [0.05, 0.1) is 12.7 Å². The van der Waals surface area contributed by atoms with Crippen LogP contribution in [0.4, 0.5) is 13.2 Å². The number of ether oxygens (including phenoxy) is 2. The second-order valence-corrected chi connectivity index (χ2v) is 7.64. The van der Waals surface area contributed by atoms with Crippen molar-refractivity contribution in [1.82, 2.24) is 0 Å². The summed E-state index contributed by atoms with van der Waals surface area (Å²) in [6.07, 6.45) is 2.34. The largest absolute Gasteiger partial charge is 0.493 e. The minimum absolute atomic E-state index is 0.00602. The molecule has 0 radical (unpaired) electrons. The van der Waals surface area contributed by atoms with Gasteiger partial charge in [-0.2, -0.15) is 4.39 Å². The van der Waals surface area contributed by atoms with Gasteiger partial charge in [0, 0.05) is 17.2 Å². The molecule has 1 N–H and O–H groups in total. The highest BCUT2D eigenvalue weighted by Crippen LogP contribution is 2.30. The Bertz CT molecular complexity index is 1080. The summed E-state index contributed by atoms with van der Waals surface area (Å²) in [6, 6.07) is 14.3. The molecule has 0 heterocycles. The van der Waals surface area contributed by atoms with Crippen LogP contribution in [0, 0.1) is 17.5 Å². The number of aliphatic hydroxyl groups is 1. The molecule has 0 aliphatic rings. The Kier molecular flexibility index (Phi) is 8.55. The first-order valence-electron chi connectivity index (χ1n) is 10.9. The van der Waals surface area contributed by atoms with Crippen LogP contribution in [0.25, 0.3) is 11.1 Å². The van der Waals surface area contributed by atoms with Crippen LogP contribution in [-0.4, -0.2) is 11.7 Å². The van der Waals surface area contributed by atoms with Crippen molar-refractivity contribution in [2.75, 3.05) is 6.61 Å². The summed E-state index contributed by atoms with van der Waals surface area (Å²) in [4.78, 5) is 0. The summed E-state index contributed by atoms with van der Waals surface area (Å²) in [7, 11) is 0. The molecule has 0 bridgehead atoms. The van der Waals surface area contributed by atoms with Crippen LogP contribution in [-0.2, 0) is 6.61 Å². The normalized spacial score (nSPS) is 11.8. The summed E-state index contributed by atoms with van der Waals surface area (Å²) < 4.78 is 54.1. The molecule has 0 aromatic heterocycles. The van der Waals surface area contributed by atoms with Gasteiger partial charge >= 0.3 is 0 Å². The first-order valence-corrected chi connectivity index (χ1v) is 10.9. The van der Waals surface area contributed by atoms with Gasteiger partial charge in [0.1, 0.15) is 18.2 Å². The average Bonchev–Trinajstić information content (AvgIpc) is 2.81. The van der Waals surface area contributed by atoms with E-state index in [-0.39, 0.29) is 17.9 Å². The molecule has 174 valence electrons. The molecular weight excluding hydrogens is 429 g/mol. The zero-order chi connectivity index (χ0) is 23.8. The lowest BCUT2D eigenvalue weighted by Crippen LogP contribution is -2.05. The third-order valence-electron chi connectivity index (χ3n) is 5.19. The zero-order valence-corrected chi connectivity index (χ0v) is 18.5. The van der Waals surface area contributed by atoms with Crippen molar-refractivity contribution in [3.8, 4) is 22.6 Å². The molecule has 0 saturated heterocycles. The van der Waals surface area contributed by atoms with Gasteiger partial charge in [-0.1, -0.05) is 43.7 Å². The van der Waals surface area contributed by atoms with Crippen LogP contribution in [0.3, 0.4) is 0 Å². The van der Waals surface area contributed by atoms with Gasteiger partial charge in [0.15, 0.2) is 11.6 Å². The van der Waals surface area contributed by atoms with Crippen molar-refractivity contribution in [1.29, 1.82) is 0 Å². The Morgan fingerprint density at radius 2 is 1.73 bits per heavy atom. The Labute approximate surface area is 192 Å². The van der Waals surface area contributed by atoms with Crippen LogP contribution in [0.2, 0.25) is 0 Å². The van der Waals surface area contributed by atoms with Gasteiger partial charge in [-0.15, -0.1) is 6.58 Å². The molecule has 0 spiro atoms. The molecule has 1 unspecified atom stereocenters. The highest BCUT2D eigenvalue weighted by Gasteiger charge is 2.19. The molecule has 3 aromatic rings. The molecule has 3 rings (SSSR count). The van der Waals surface area contributed by atoms with Crippen LogP contribution >= 0.6 is 0 Å². The first kappa shape index (κ1) is 24.4. The molecule has 6 heteroatoms. The molecule has 1 atom stereocenters. The maximum atomic E-state index is 14.5. The standard InChI is InChI=1S/C27H27F3O3/c1-3-5-15-32-20-11-12-21(23(28)16-20)19-9-7-18(8-10-19)17-33-25-14-13-22(24(31)6-4-2)26(29)27(25)30/h3,7-14,16,24,31H,1,4-6,15,17H2,2H3. The minimum Gasteiger partial charge on any atom is -0.493 e. The number of rotatable bonds is 11. The summed E-state index contributed by atoms with van der Waals surface area (Å²) >= 11 is 0. The van der Waals surface area contributed by atoms with Gasteiger partial charge in [0.2, 0.25) is 5.82 Å². The summed E-state index contributed by atoms with van der Waals surface area (Å²) in [5, 5.41) is 9.94. The lowest BCUT2D eigenvalue weighted by atomic mass is 10.0. The zero-order valence-electron chi connectivity index (χ0n) is 18.5. The van der Waals surface area contributed by atoms with E-state index in [1.165, 1.54) is 18.2 Å². The first-order chi connectivity index (χ1) is 15.9. The smallest absolute Gasteiger partial charge is 0.201 e. The van der Waals surface area contributed by atoms with E-state index in [4.69, 9.17) is 9.47 Å². The molecule has 33 heavy (non-hydrogen) atoms. The Morgan fingerprint density at radius 3 is 2.39 bits per heavy atom. The van der Waals surface area contributed by atoms with Gasteiger partial charge in [-0.3, -0.25) is 0 Å². The van der Waals surface area contributed by atoms with E-state index in [0.29, 0.717) is 48.3 Å². The molecule has 3 aromatic carbocycles. The average molecular weight is 457 g/mol.